The maximum absolute atomic E-state index is 13.3. The van der Waals surface area contributed by atoms with Crippen LogP contribution in [0.15, 0.2) is 12.1 Å². The Kier molecular flexibility index (Phi) is 2.45. The van der Waals surface area contributed by atoms with Crippen LogP contribution in [0.1, 0.15) is 24.4 Å². The van der Waals surface area contributed by atoms with Crippen LogP contribution in [-0.2, 0) is 0 Å². The van der Waals surface area contributed by atoms with Gasteiger partial charge in [-0.05, 0) is 30.9 Å². The lowest BCUT2D eigenvalue weighted by Crippen LogP contribution is -2.14. The molecule has 14 heavy (non-hydrogen) atoms. The van der Waals surface area contributed by atoms with Crippen LogP contribution in [0, 0.1) is 17.6 Å². The zero-order valence-electron chi connectivity index (χ0n) is 7.43. The van der Waals surface area contributed by atoms with E-state index in [1.54, 1.807) is 0 Å². The smallest absolute Gasteiger partial charge is 0.142 e. The van der Waals surface area contributed by atoms with E-state index in [9.17, 15) is 8.78 Å². The highest BCUT2D eigenvalue weighted by atomic mass is 35.5. The molecule has 4 heteroatoms. The lowest BCUT2D eigenvalue weighted by molar-refractivity contribution is 0.540. The first-order chi connectivity index (χ1) is 6.59. The van der Waals surface area contributed by atoms with Crippen LogP contribution in [0.4, 0.5) is 8.78 Å². The summed E-state index contributed by atoms with van der Waals surface area (Å²) >= 11 is 5.43. The van der Waals surface area contributed by atoms with Crippen molar-refractivity contribution in [3.63, 3.8) is 0 Å². The van der Waals surface area contributed by atoms with Gasteiger partial charge in [-0.15, -0.1) is 0 Å². The van der Waals surface area contributed by atoms with Gasteiger partial charge < -0.3 is 5.73 Å². The van der Waals surface area contributed by atoms with E-state index in [2.05, 4.69) is 0 Å². The summed E-state index contributed by atoms with van der Waals surface area (Å²) in [6.45, 7) is 0. The molecule has 0 radical (unpaired) electrons. The Labute approximate surface area is 85.9 Å². The Morgan fingerprint density at radius 2 is 1.93 bits per heavy atom. The molecule has 1 fully saturated rings. The van der Waals surface area contributed by atoms with E-state index in [1.165, 1.54) is 0 Å². The minimum absolute atomic E-state index is 0.200. The van der Waals surface area contributed by atoms with Gasteiger partial charge in [0.15, 0.2) is 0 Å². The molecule has 0 aliphatic heterocycles. The Morgan fingerprint density at radius 1 is 1.29 bits per heavy atom. The van der Waals surface area contributed by atoms with Gasteiger partial charge in [-0.2, -0.15) is 0 Å². The molecule has 1 aliphatic carbocycles. The molecule has 1 atom stereocenters. The monoisotopic (exact) mass is 217 g/mol. The predicted molar refractivity (Wildman–Crippen MR) is 51.0 cm³/mol. The molecule has 0 unspecified atom stereocenters. The lowest BCUT2D eigenvalue weighted by atomic mass is 10.0. The molecule has 0 bridgehead atoms. The first-order valence-corrected chi connectivity index (χ1v) is 4.87. The average molecular weight is 218 g/mol. The summed E-state index contributed by atoms with van der Waals surface area (Å²) in [7, 11) is 0. The third-order valence-electron chi connectivity index (χ3n) is 2.53. The van der Waals surface area contributed by atoms with Crippen molar-refractivity contribution in [1.82, 2.24) is 0 Å². The van der Waals surface area contributed by atoms with E-state index in [0.29, 0.717) is 5.92 Å². The van der Waals surface area contributed by atoms with Crippen molar-refractivity contribution in [3.05, 3.63) is 34.4 Å². The van der Waals surface area contributed by atoms with E-state index in [4.69, 9.17) is 17.3 Å². The number of benzene rings is 1. The first-order valence-electron chi connectivity index (χ1n) is 4.49. The van der Waals surface area contributed by atoms with E-state index in [1.807, 2.05) is 0 Å². The Balaban J connectivity index is 2.36. The third kappa shape index (κ3) is 1.74. The Hall–Kier alpha value is -0.670. The van der Waals surface area contributed by atoms with Crippen molar-refractivity contribution in [2.75, 3.05) is 0 Å². The van der Waals surface area contributed by atoms with Crippen molar-refractivity contribution in [3.8, 4) is 0 Å². The topological polar surface area (TPSA) is 26.0 Å². The van der Waals surface area contributed by atoms with Gasteiger partial charge in [0.05, 0.1) is 5.02 Å². The van der Waals surface area contributed by atoms with Crippen molar-refractivity contribution >= 4 is 11.6 Å². The van der Waals surface area contributed by atoms with Crippen LogP contribution in [0.5, 0.6) is 0 Å². The second kappa shape index (κ2) is 3.48. The van der Waals surface area contributed by atoms with E-state index in [-0.39, 0.29) is 10.6 Å². The standard InChI is InChI=1S/C10H10ClF2N/c11-7-4-8(12)6(3-9(7)13)10(14)5-1-2-5/h3-5,10H,1-2,14H2/t10-/m1/s1. The number of nitrogens with two attached hydrogens (primary N) is 1. The zero-order valence-corrected chi connectivity index (χ0v) is 8.19. The summed E-state index contributed by atoms with van der Waals surface area (Å²) in [5.41, 5.74) is 6.00. The highest BCUT2D eigenvalue weighted by Crippen LogP contribution is 2.40. The Bertz CT molecular complexity index is 363. The van der Waals surface area contributed by atoms with Gasteiger partial charge in [0, 0.05) is 11.6 Å². The number of hydrogen-bond acceptors (Lipinski definition) is 1. The molecule has 0 saturated heterocycles. The number of rotatable bonds is 2. The van der Waals surface area contributed by atoms with Crippen LogP contribution in [-0.4, -0.2) is 0 Å². The second-order valence-corrected chi connectivity index (χ2v) is 4.06. The van der Waals surface area contributed by atoms with Crippen molar-refractivity contribution in [1.29, 1.82) is 0 Å². The summed E-state index contributed by atoms with van der Waals surface area (Å²) in [5.74, 6) is -0.833. The normalized spacial score (nSPS) is 18.3. The van der Waals surface area contributed by atoms with Crippen LogP contribution < -0.4 is 5.73 Å². The SMILES string of the molecule is N[C@@H](c1cc(F)c(Cl)cc1F)C1CC1. The van der Waals surface area contributed by atoms with Gasteiger partial charge in [0.1, 0.15) is 11.6 Å². The zero-order chi connectivity index (χ0) is 10.3. The van der Waals surface area contributed by atoms with E-state index >= 15 is 0 Å². The fourth-order valence-corrected chi connectivity index (χ4v) is 1.65. The molecule has 2 N–H and O–H groups in total. The predicted octanol–water partition coefficient (Wildman–Crippen LogP) is 3.03. The molecule has 2 rings (SSSR count). The molecule has 1 aliphatic rings. The van der Waals surface area contributed by atoms with Crippen LogP contribution in [0.2, 0.25) is 5.02 Å². The largest absolute Gasteiger partial charge is 0.324 e. The van der Waals surface area contributed by atoms with Crippen molar-refractivity contribution < 1.29 is 8.78 Å². The fraction of sp³-hybridized carbons (Fsp3) is 0.400. The molecule has 0 heterocycles. The number of halogens is 3. The minimum Gasteiger partial charge on any atom is -0.324 e. The lowest BCUT2D eigenvalue weighted by Gasteiger charge is -2.12. The molecular weight excluding hydrogens is 208 g/mol. The van der Waals surface area contributed by atoms with Gasteiger partial charge in [-0.25, -0.2) is 8.78 Å². The maximum Gasteiger partial charge on any atom is 0.142 e. The summed E-state index contributed by atoms with van der Waals surface area (Å²) in [4.78, 5) is 0. The van der Waals surface area contributed by atoms with E-state index < -0.39 is 17.7 Å². The summed E-state index contributed by atoms with van der Waals surface area (Å²) in [5, 5.41) is -0.200. The second-order valence-electron chi connectivity index (χ2n) is 3.65. The fourth-order valence-electron chi connectivity index (χ4n) is 1.50. The minimum atomic E-state index is -0.612. The van der Waals surface area contributed by atoms with Gasteiger partial charge in [-0.1, -0.05) is 11.6 Å². The Morgan fingerprint density at radius 3 is 2.50 bits per heavy atom. The van der Waals surface area contributed by atoms with Gasteiger partial charge in [-0.3, -0.25) is 0 Å². The van der Waals surface area contributed by atoms with Gasteiger partial charge in [0.25, 0.3) is 0 Å². The van der Waals surface area contributed by atoms with Crippen molar-refractivity contribution in [2.24, 2.45) is 11.7 Å². The van der Waals surface area contributed by atoms with Crippen LogP contribution in [0.3, 0.4) is 0 Å². The molecule has 1 saturated carbocycles. The quantitative estimate of drug-likeness (QED) is 0.758. The van der Waals surface area contributed by atoms with Gasteiger partial charge >= 0.3 is 0 Å². The molecule has 1 aromatic rings. The third-order valence-corrected chi connectivity index (χ3v) is 2.82. The molecule has 1 aromatic carbocycles. The van der Waals surface area contributed by atoms with Gasteiger partial charge in [0.2, 0.25) is 0 Å². The average Bonchev–Trinajstić information content (AvgIpc) is 2.93. The van der Waals surface area contributed by atoms with E-state index in [0.717, 1.165) is 25.0 Å². The molecule has 0 spiro atoms. The summed E-state index contributed by atoms with van der Waals surface area (Å²) in [6, 6.07) is 1.68. The summed E-state index contributed by atoms with van der Waals surface area (Å²) < 4.78 is 26.4. The highest BCUT2D eigenvalue weighted by molar-refractivity contribution is 6.30. The molecule has 0 amide bonds. The van der Waals surface area contributed by atoms with Crippen molar-refractivity contribution in [2.45, 2.75) is 18.9 Å². The molecule has 0 aromatic heterocycles. The van der Waals surface area contributed by atoms with Crippen LogP contribution >= 0.6 is 11.6 Å². The highest BCUT2D eigenvalue weighted by Gasteiger charge is 2.31. The molecule has 1 nitrogen and oxygen atoms in total. The number of hydrogen-bond donors (Lipinski definition) is 1. The first kappa shape index (κ1) is 9.87. The maximum atomic E-state index is 13.3. The molecule has 76 valence electrons. The van der Waals surface area contributed by atoms with Crippen LogP contribution in [0.25, 0.3) is 0 Å². The summed E-state index contributed by atoms with van der Waals surface area (Å²) in [6.07, 6.45) is 1.98. The molecular formula is C10H10ClF2N.